The second-order valence-corrected chi connectivity index (χ2v) is 8.66. The number of rotatable bonds is 4. The Hall–Kier alpha value is -2.30. The molecule has 5 rings (SSSR count). The first-order chi connectivity index (χ1) is 13.7. The first kappa shape index (κ1) is 17.8. The molecule has 3 aliphatic rings. The molecule has 5 heteroatoms. The molecular weight excluding hydrogens is 352 g/mol. The van der Waals surface area contributed by atoms with Gasteiger partial charge in [0.2, 0.25) is 0 Å². The first-order valence-electron chi connectivity index (χ1n) is 10.7. The molecular formula is C23H28N2O3. The average molecular weight is 380 g/mol. The zero-order chi connectivity index (χ0) is 19.1. The zero-order valence-corrected chi connectivity index (χ0v) is 16.5. The fourth-order valence-corrected chi connectivity index (χ4v) is 5.58. The summed E-state index contributed by atoms with van der Waals surface area (Å²) in [6.45, 7) is 3.02. The maximum atomic E-state index is 11.5. The monoisotopic (exact) mass is 380 g/mol. The standard InChI is InChI=1S/C23H28N2O3/c1-15-12-21(26)24-23-25(15)13-20(28-23)14-27-19-10-8-18(9-11-19)22-16-4-2-5-17(22)7-3-6-16/h8-12,16-17,20,22H,2-7,13-14H2,1H3. The lowest BCUT2D eigenvalue weighted by atomic mass is 9.62. The Balaban J connectivity index is 1.22. The van der Waals surface area contributed by atoms with Crippen molar-refractivity contribution in [2.24, 2.45) is 11.8 Å². The van der Waals surface area contributed by atoms with Crippen LogP contribution in [0.1, 0.15) is 55.7 Å². The van der Waals surface area contributed by atoms with Gasteiger partial charge in [-0.3, -0.25) is 9.36 Å². The van der Waals surface area contributed by atoms with E-state index in [1.165, 1.54) is 50.2 Å². The van der Waals surface area contributed by atoms with E-state index in [9.17, 15) is 4.79 Å². The van der Waals surface area contributed by atoms with Crippen LogP contribution in [0.3, 0.4) is 0 Å². The van der Waals surface area contributed by atoms with E-state index in [4.69, 9.17) is 9.47 Å². The van der Waals surface area contributed by atoms with Crippen molar-refractivity contribution in [2.45, 2.75) is 64.0 Å². The summed E-state index contributed by atoms with van der Waals surface area (Å²) in [7, 11) is 0. The van der Waals surface area contributed by atoms with Crippen molar-refractivity contribution in [1.82, 2.24) is 9.55 Å². The van der Waals surface area contributed by atoms with Crippen LogP contribution in [0.4, 0.5) is 0 Å². The smallest absolute Gasteiger partial charge is 0.300 e. The van der Waals surface area contributed by atoms with Gasteiger partial charge in [-0.2, -0.15) is 4.98 Å². The maximum absolute atomic E-state index is 11.5. The average Bonchev–Trinajstić information content (AvgIpc) is 3.09. The van der Waals surface area contributed by atoms with Gasteiger partial charge in [-0.05, 0) is 68.1 Å². The normalized spacial score (nSPS) is 28.5. The highest BCUT2D eigenvalue weighted by Crippen LogP contribution is 2.49. The summed E-state index contributed by atoms with van der Waals surface area (Å²) in [6.07, 6.45) is 8.30. The fourth-order valence-electron chi connectivity index (χ4n) is 5.58. The number of benzene rings is 1. The third-order valence-corrected chi connectivity index (χ3v) is 6.87. The van der Waals surface area contributed by atoms with Crippen LogP contribution >= 0.6 is 0 Å². The largest absolute Gasteiger partial charge is 0.490 e. The van der Waals surface area contributed by atoms with E-state index >= 15 is 0 Å². The van der Waals surface area contributed by atoms with Crippen molar-refractivity contribution in [2.75, 3.05) is 6.61 Å². The molecule has 2 bridgehead atoms. The highest BCUT2D eigenvalue weighted by atomic mass is 16.6. The highest BCUT2D eigenvalue weighted by Gasteiger charge is 2.37. The second kappa shape index (κ2) is 7.26. The molecule has 2 aliphatic carbocycles. The Kier molecular flexibility index (Phi) is 4.61. The van der Waals surface area contributed by atoms with Gasteiger partial charge in [0.1, 0.15) is 12.4 Å². The fraction of sp³-hybridized carbons (Fsp3) is 0.565. The molecule has 5 nitrogen and oxygen atoms in total. The van der Waals surface area contributed by atoms with Crippen LogP contribution in [-0.2, 0) is 6.54 Å². The number of hydrogen-bond donors (Lipinski definition) is 0. The lowest BCUT2D eigenvalue weighted by Gasteiger charge is -2.43. The van der Waals surface area contributed by atoms with Crippen molar-refractivity contribution in [3.63, 3.8) is 0 Å². The number of ether oxygens (including phenoxy) is 2. The molecule has 0 amide bonds. The molecule has 1 aliphatic heterocycles. The Morgan fingerprint density at radius 3 is 2.46 bits per heavy atom. The molecule has 1 aromatic heterocycles. The first-order valence-corrected chi connectivity index (χ1v) is 10.7. The molecule has 2 fully saturated rings. The van der Waals surface area contributed by atoms with Crippen LogP contribution in [0.2, 0.25) is 0 Å². The van der Waals surface area contributed by atoms with Gasteiger partial charge >= 0.3 is 0 Å². The number of fused-ring (bicyclic) bond motifs is 3. The topological polar surface area (TPSA) is 53.4 Å². The van der Waals surface area contributed by atoms with Crippen molar-refractivity contribution in [3.05, 3.63) is 51.9 Å². The van der Waals surface area contributed by atoms with E-state index in [0.717, 1.165) is 29.2 Å². The van der Waals surface area contributed by atoms with E-state index in [2.05, 4.69) is 29.2 Å². The van der Waals surface area contributed by atoms with Crippen molar-refractivity contribution < 1.29 is 9.47 Å². The van der Waals surface area contributed by atoms with Gasteiger partial charge in [-0.15, -0.1) is 0 Å². The Morgan fingerprint density at radius 1 is 1.11 bits per heavy atom. The third kappa shape index (κ3) is 3.31. The predicted octanol–water partition coefficient (Wildman–Crippen LogP) is 4.08. The van der Waals surface area contributed by atoms with Gasteiger partial charge in [-0.1, -0.05) is 25.0 Å². The van der Waals surface area contributed by atoms with E-state index < -0.39 is 0 Å². The summed E-state index contributed by atoms with van der Waals surface area (Å²) in [4.78, 5) is 15.5. The van der Waals surface area contributed by atoms with E-state index in [1.807, 2.05) is 11.5 Å². The second-order valence-electron chi connectivity index (χ2n) is 8.66. The summed E-state index contributed by atoms with van der Waals surface area (Å²) >= 11 is 0. The van der Waals surface area contributed by atoms with E-state index in [-0.39, 0.29) is 11.7 Å². The number of aromatic nitrogens is 2. The molecule has 0 N–H and O–H groups in total. The Labute approximate surface area is 165 Å². The summed E-state index contributed by atoms with van der Waals surface area (Å²) in [5.74, 6) is 3.38. The minimum atomic E-state index is -0.256. The summed E-state index contributed by atoms with van der Waals surface area (Å²) in [6, 6.07) is 10.7. The van der Waals surface area contributed by atoms with Crippen LogP contribution < -0.4 is 15.0 Å². The Morgan fingerprint density at radius 2 is 1.79 bits per heavy atom. The van der Waals surface area contributed by atoms with Gasteiger partial charge in [-0.25, -0.2) is 0 Å². The maximum Gasteiger partial charge on any atom is 0.300 e. The summed E-state index contributed by atoms with van der Waals surface area (Å²) < 4.78 is 13.7. The van der Waals surface area contributed by atoms with Gasteiger partial charge in [0, 0.05) is 11.8 Å². The van der Waals surface area contributed by atoms with Crippen molar-refractivity contribution >= 4 is 0 Å². The number of aryl methyl sites for hydroxylation is 1. The summed E-state index contributed by atoms with van der Waals surface area (Å²) in [5, 5.41) is 0. The molecule has 1 aromatic carbocycles. The molecule has 2 saturated carbocycles. The van der Waals surface area contributed by atoms with Gasteiger partial charge in [0.15, 0.2) is 6.10 Å². The molecule has 28 heavy (non-hydrogen) atoms. The lowest BCUT2D eigenvalue weighted by Crippen LogP contribution is -2.30. The lowest BCUT2D eigenvalue weighted by molar-refractivity contribution is 0.143. The highest BCUT2D eigenvalue weighted by molar-refractivity contribution is 5.31. The van der Waals surface area contributed by atoms with Crippen LogP contribution in [0, 0.1) is 18.8 Å². The van der Waals surface area contributed by atoms with Crippen LogP contribution in [0.25, 0.3) is 0 Å². The minimum Gasteiger partial charge on any atom is -0.490 e. The molecule has 0 saturated heterocycles. The molecule has 1 atom stereocenters. The van der Waals surface area contributed by atoms with E-state index in [1.54, 1.807) is 0 Å². The minimum absolute atomic E-state index is 0.120. The predicted molar refractivity (Wildman–Crippen MR) is 107 cm³/mol. The van der Waals surface area contributed by atoms with Gasteiger partial charge in [0.25, 0.3) is 11.6 Å². The Bertz CT molecular complexity index is 883. The van der Waals surface area contributed by atoms with Crippen LogP contribution in [0.15, 0.2) is 35.1 Å². The van der Waals surface area contributed by atoms with Gasteiger partial charge < -0.3 is 9.47 Å². The number of hydrogen-bond acceptors (Lipinski definition) is 4. The van der Waals surface area contributed by atoms with E-state index in [0.29, 0.717) is 19.2 Å². The molecule has 2 heterocycles. The molecule has 1 unspecified atom stereocenters. The zero-order valence-electron chi connectivity index (χ0n) is 16.5. The summed E-state index contributed by atoms with van der Waals surface area (Å²) in [5.41, 5.74) is 2.11. The number of nitrogens with zero attached hydrogens (tertiary/aromatic N) is 2. The van der Waals surface area contributed by atoms with Crippen LogP contribution in [-0.4, -0.2) is 22.3 Å². The third-order valence-electron chi connectivity index (χ3n) is 6.87. The SMILES string of the molecule is Cc1cc(=O)nc2n1CC(COc1ccc(C3C4CCCC3CCC4)cc1)O2. The van der Waals surface area contributed by atoms with Crippen LogP contribution in [0.5, 0.6) is 11.8 Å². The molecule has 2 aromatic rings. The molecule has 148 valence electrons. The van der Waals surface area contributed by atoms with Gasteiger partial charge in [0.05, 0.1) is 6.54 Å². The van der Waals surface area contributed by atoms with Crippen molar-refractivity contribution in [1.29, 1.82) is 0 Å². The quantitative estimate of drug-likeness (QED) is 0.802. The van der Waals surface area contributed by atoms with Crippen molar-refractivity contribution in [3.8, 4) is 11.8 Å². The molecule has 0 spiro atoms. The molecule has 0 radical (unpaired) electrons.